The topological polar surface area (TPSA) is 54.0 Å². The Labute approximate surface area is 129 Å². The highest BCUT2D eigenvalue weighted by Crippen LogP contribution is 2.49. The predicted octanol–water partition coefficient (Wildman–Crippen LogP) is 4.12. The summed E-state index contributed by atoms with van der Waals surface area (Å²) in [4.78, 5) is 0. The first-order valence-corrected chi connectivity index (χ1v) is 9.62. The normalized spacial score (nSPS) is 21.0. The number of hydrogen-bond donors (Lipinski definition) is 0. The first-order chi connectivity index (χ1) is 9.66. The molecule has 0 aromatic carbocycles. The third-order valence-electron chi connectivity index (χ3n) is 4.08. The van der Waals surface area contributed by atoms with Crippen molar-refractivity contribution in [2.75, 3.05) is 19.4 Å². The maximum Gasteiger partial charge on any atom is 0.457 e. The van der Waals surface area contributed by atoms with Crippen LogP contribution in [0.3, 0.4) is 0 Å². The van der Waals surface area contributed by atoms with Gasteiger partial charge in [-0.05, 0) is 54.3 Å². The van der Waals surface area contributed by atoms with Crippen molar-refractivity contribution >= 4 is 14.7 Å². The lowest BCUT2D eigenvalue weighted by atomic mass is 9.82. The molecule has 1 fully saturated rings. The van der Waals surface area contributed by atoms with Crippen LogP contribution in [0.25, 0.3) is 0 Å². The van der Waals surface area contributed by atoms with Crippen LogP contribution < -0.4 is 0 Å². The number of unbranched alkanes of at least 4 members (excludes halogenated alkanes) is 1. The molecule has 1 saturated heterocycles. The average molecular weight is 320 g/mol. The largest absolute Gasteiger partial charge is 0.457 e. The van der Waals surface area contributed by atoms with E-state index in [1.165, 1.54) is 0 Å². The van der Waals surface area contributed by atoms with Crippen LogP contribution in [-0.2, 0) is 22.9 Å². The number of rotatable bonds is 9. The van der Waals surface area contributed by atoms with Crippen molar-refractivity contribution in [3.05, 3.63) is 0 Å². The van der Waals surface area contributed by atoms with Gasteiger partial charge in [-0.2, -0.15) is 0 Å². The van der Waals surface area contributed by atoms with E-state index < -0.39 is 7.60 Å². The van der Waals surface area contributed by atoms with Crippen LogP contribution in [-0.4, -0.2) is 37.7 Å². The van der Waals surface area contributed by atoms with E-state index >= 15 is 0 Å². The smallest absolute Gasteiger partial charge is 0.403 e. The first kappa shape index (κ1) is 19.2. The molecule has 0 aromatic rings. The van der Waals surface area contributed by atoms with Crippen molar-refractivity contribution in [3.8, 4) is 0 Å². The van der Waals surface area contributed by atoms with Gasteiger partial charge in [0.15, 0.2) is 0 Å². The zero-order valence-electron chi connectivity index (χ0n) is 14.3. The van der Waals surface area contributed by atoms with Crippen molar-refractivity contribution in [3.63, 3.8) is 0 Å². The van der Waals surface area contributed by atoms with E-state index in [-0.39, 0.29) is 18.3 Å². The molecule has 0 bridgehead atoms. The molecular weight excluding hydrogens is 290 g/mol. The summed E-state index contributed by atoms with van der Waals surface area (Å²) in [7, 11) is -3.10. The monoisotopic (exact) mass is 320 g/mol. The van der Waals surface area contributed by atoms with Crippen LogP contribution in [0.15, 0.2) is 0 Å². The van der Waals surface area contributed by atoms with Crippen LogP contribution in [0.4, 0.5) is 0 Å². The van der Waals surface area contributed by atoms with Crippen molar-refractivity contribution in [2.45, 2.75) is 71.9 Å². The summed E-state index contributed by atoms with van der Waals surface area (Å²) in [5.41, 5.74) is -0.576. The second-order valence-corrected chi connectivity index (χ2v) is 8.54. The molecule has 0 spiro atoms. The van der Waals surface area contributed by atoms with E-state index in [1.54, 1.807) is 0 Å². The van der Waals surface area contributed by atoms with Crippen LogP contribution in [0.1, 0.15) is 54.4 Å². The Balaban J connectivity index is 2.33. The van der Waals surface area contributed by atoms with E-state index in [9.17, 15) is 4.57 Å². The quantitative estimate of drug-likeness (QED) is 0.363. The molecule has 0 amide bonds. The Morgan fingerprint density at radius 3 is 1.86 bits per heavy atom. The summed E-state index contributed by atoms with van der Waals surface area (Å²) in [5.74, 6) is 0. The second-order valence-electron chi connectivity index (χ2n) is 6.35. The van der Waals surface area contributed by atoms with Crippen LogP contribution in [0.2, 0.25) is 6.32 Å². The van der Waals surface area contributed by atoms with Gasteiger partial charge in [-0.3, -0.25) is 4.57 Å². The molecule has 0 unspecified atom stereocenters. The Bertz CT molecular complexity index is 346. The van der Waals surface area contributed by atoms with Gasteiger partial charge < -0.3 is 18.4 Å². The van der Waals surface area contributed by atoms with Gasteiger partial charge >= 0.3 is 14.7 Å². The molecule has 1 heterocycles. The minimum absolute atomic E-state index is 0.187. The molecule has 0 radical (unpaired) electrons. The van der Waals surface area contributed by atoms with E-state index in [0.29, 0.717) is 19.4 Å². The van der Waals surface area contributed by atoms with Crippen LogP contribution in [0.5, 0.6) is 0 Å². The fourth-order valence-corrected chi connectivity index (χ4v) is 3.99. The molecule has 7 heteroatoms. The highest BCUT2D eigenvalue weighted by atomic mass is 31.2. The standard InChI is InChI=1S/C14H30BO5P/c1-7-17-21(16,18-8-2)12-10-9-11-15-19-13(3,4)14(5,6)20-15/h7-12H2,1-6H3. The van der Waals surface area contributed by atoms with Crippen molar-refractivity contribution in [1.29, 1.82) is 0 Å². The first-order valence-electron chi connectivity index (χ1n) is 7.89. The third-order valence-corrected chi connectivity index (χ3v) is 6.24. The van der Waals surface area contributed by atoms with Crippen molar-refractivity contribution in [2.24, 2.45) is 0 Å². The van der Waals surface area contributed by atoms with Gasteiger partial charge in [0.05, 0.1) is 30.6 Å². The van der Waals surface area contributed by atoms with Gasteiger partial charge in [-0.1, -0.05) is 6.42 Å². The minimum Gasteiger partial charge on any atom is -0.403 e. The van der Waals surface area contributed by atoms with Crippen molar-refractivity contribution in [1.82, 2.24) is 0 Å². The van der Waals surface area contributed by atoms with Gasteiger partial charge in [0, 0.05) is 0 Å². The second kappa shape index (κ2) is 7.61. The van der Waals surface area contributed by atoms with Crippen LogP contribution in [0, 0.1) is 0 Å². The van der Waals surface area contributed by atoms with E-state index in [2.05, 4.69) is 0 Å². The summed E-state index contributed by atoms with van der Waals surface area (Å²) >= 11 is 0. The van der Waals surface area contributed by atoms with Gasteiger partial charge in [-0.15, -0.1) is 0 Å². The minimum atomic E-state index is -2.91. The van der Waals surface area contributed by atoms with E-state index in [4.69, 9.17) is 18.4 Å². The molecule has 5 nitrogen and oxygen atoms in total. The summed E-state index contributed by atoms with van der Waals surface area (Å²) < 4.78 is 34.7. The summed E-state index contributed by atoms with van der Waals surface area (Å²) in [5, 5.41) is 0. The summed E-state index contributed by atoms with van der Waals surface area (Å²) in [6, 6.07) is 0. The highest BCUT2D eigenvalue weighted by Gasteiger charge is 2.50. The third kappa shape index (κ3) is 5.36. The zero-order chi connectivity index (χ0) is 16.1. The lowest BCUT2D eigenvalue weighted by Crippen LogP contribution is -2.41. The van der Waals surface area contributed by atoms with Gasteiger partial charge in [0.1, 0.15) is 0 Å². The molecule has 0 aromatic heterocycles. The average Bonchev–Trinajstić information content (AvgIpc) is 2.54. The molecular formula is C14H30BO5P. The fraction of sp³-hybridized carbons (Fsp3) is 1.00. The van der Waals surface area contributed by atoms with Gasteiger partial charge in [0.25, 0.3) is 0 Å². The van der Waals surface area contributed by atoms with Crippen molar-refractivity contribution < 1.29 is 22.9 Å². The molecule has 0 N–H and O–H groups in total. The Morgan fingerprint density at radius 1 is 0.952 bits per heavy atom. The fourth-order valence-electron chi connectivity index (χ4n) is 2.26. The predicted molar refractivity (Wildman–Crippen MR) is 85.8 cm³/mol. The molecule has 0 saturated carbocycles. The van der Waals surface area contributed by atoms with Gasteiger partial charge in [0.2, 0.25) is 0 Å². The lowest BCUT2D eigenvalue weighted by molar-refractivity contribution is 0.00578. The molecule has 0 atom stereocenters. The molecule has 21 heavy (non-hydrogen) atoms. The molecule has 124 valence electrons. The van der Waals surface area contributed by atoms with E-state index in [0.717, 1.165) is 19.2 Å². The Hall–Kier alpha value is 0.135. The maximum atomic E-state index is 12.3. The van der Waals surface area contributed by atoms with Gasteiger partial charge in [-0.25, -0.2) is 0 Å². The molecule has 1 aliphatic heterocycles. The molecule has 0 aliphatic carbocycles. The summed E-state index contributed by atoms with van der Waals surface area (Å²) in [6.45, 7) is 12.7. The summed E-state index contributed by atoms with van der Waals surface area (Å²) in [6.07, 6.45) is 2.90. The van der Waals surface area contributed by atoms with Crippen LogP contribution >= 0.6 is 7.60 Å². The molecule has 1 rings (SSSR count). The lowest BCUT2D eigenvalue weighted by Gasteiger charge is -2.32. The van der Waals surface area contributed by atoms with E-state index in [1.807, 2.05) is 41.5 Å². The molecule has 1 aliphatic rings. The Kier molecular flexibility index (Phi) is 6.95. The SMILES string of the molecule is CCOP(=O)(CCCCB1OC(C)(C)C(C)(C)O1)OCC. The zero-order valence-corrected chi connectivity index (χ0v) is 15.2. The number of hydrogen-bond acceptors (Lipinski definition) is 5. The highest BCUT2D eigenvalue weighted by molar-refractivity contribution is 7.53. The Morgan fingerprint density at radius 2 is 1.43 bits per heavy atom. The maximum absolute atomic E-state index is 12.3.